The fraction of sp³-hybridized carbons (Fsp3) is 1.00. The summed E-state index contributed by atoms with van der Waals surface area (Å²) in [5.74, 6) is 0.521. The number of hydrogen-bond acceptors (Lipinski definition) is 1. The Labute approximate surface area is 96.3 Å². The number of aliphatic hydroxyl groups excluding tert-OH is 1. The lowest BCUT2D eigenvalue weighted by molar-refractivity contribution is 0.0784. The SMILES string of the molecule is CCCCC(CC)C(O)CCC(C)(C)C. The van der Waals surface area contributed by atoms with Crippen LogP contribution < -0.4 is 0 Å². The second-order valence-electron chi connectivity index (χ2n) is 5.98. The molecule has 0 amide bonds. The van der Waals surface area contributed by atoms with Gasteiger partial charge >= 0.3 is 0 Å². The molecular formula is C14H30O. The molecule has 0 radical (unpaired) electrons. The normalized spacial score (nSPS) is 16.4. The third-order valence-corrected chi connectivity index (χ3v) is 3.19. The highest BCUT2D eigenvalue weighted by molar-refractivity contribution is 4.71. The molecule has 0 aromatic carbocycles. The standard InChI is InChI=1S/C14H30O/c1-6-8-9-12(7-2)13(15)10-11-14(3,4)5/h12-13,15H,6-11H2,1-5H3. The molecule has 0 heterocycles. The number of rotatable bonds is 7. The maximum atomic E-state index is 10.1. The predicted molar refractivity (Wildman–Crippen MR) is 68.0 cm³/mol. The molecule has 0 aliphatic heterocycles. The molecule has 0 saturated carbocycles. The fourth-order valence-corrected chi connectivity index (χ4v) is 1.95. The van der Waals surface area contributed by atoms with E-state index in [1.807, 2.05) is 0 Å². The largest absolute Gasteiger partial charge is 0.393 e. The Bertz CT molecular complexity index is 146. The smallest absolute Gasteiger partial charge is 0.0568 e. The van der Waals surface area contributed by atoms with Crippen LogP contribution in [0.5, 0.6) is 0 Å². The average molecular weight is 214 g/mol. The van der Waals surface area contributed by atoms with E-state index >= 15 is 0 Å². The predicted octanol–water partition coefficient (Wildman–Crippen LogP) is 4.39. The molecule has 0 saturated heterocycles. The van der Waals surface area contributed by atoms with Crippen molar-refractivity contribution in [2.24, 2.45) is 11.3 Å². The van der Waals surface area contributed by atoms with Crippen LogP contribution in [0.3, 0.4) is 0 Å². The molecule has 0 aromatic rings. The molecule has 0 rings (SSSR count). The van der Waals surface area contributed by atoms with Crippen molar-refractivity contribution in [2.75, 3.05) is 0 Å². The van der Waals surface area contributed by atoms with Crippen LogP contribution in [0, 0.1) is 11.3 Å². The van der Waals surface area contributed by atoms with E-state index < -0.39 is 0 Å². The van der Waals surface area contributed by atoms with Gasteiger partial charge in [0.25, 0.3) is 0 Å². The minimum absolute atomic E-state index is 0.0826. The lowest BCUT2D eigenvalue weighted by atomic mass is 9.84. The van der Waals surface area contributed by atoms with Crippen LogP contribution in [0.15, 0.2) is 0 Å². The van der Waals surface area contributed by atoms with Crippen molar-refractivity contribution in [3.63, 3.8) is 0 Å². The van der Waals surface area contributed by atoms with E-state index in [4.69, 9.17) is 0 Å². The molecule has 92 valence electrons. The number of hydrogen-bond donors (Lipinski definition) is 1. The first-order valence-corrected chi connectivity index (χ1v) is 6.58. The molecule has 2 atom stereocenters. The Morgan fingerprint density at radius 1 is 1.07 bits per heavy atom. The summed E-state index contributed by atoms with van der Waals surface area (Å²) in [4.78, 5) is 0. The zero-order valence-corrected chi connectivity index (χ0v) is 11.3. The molecule has 0 aromatic heterocycles. The highest BCUT2D eigenvalue weighted by Gasteiger charge is 2.19. The molecule has 0 aliphatic rings. The van der Waals surface area contributed by atoms with Crippen LogP contribution in [0.25, 0.3) is 0 Å². The molecule has 1 heteroatoms. The van der Waals surface area contributed by atoms with Crippen molar-refractivity contribution in [3.05, 3.63) is 0 Å². The molecule has 15 heavy (non-hydrogen) atoms. The number of aliphatic hydroxyl groups is 1. The molecule has 0 fully saturated rings. The highest BCUT2D eigenvalue weighted by Crippen LogP contribution is 2.26. The third kappa shape index (κ3) is 7.84. The van der Waals surface area contributed by atoms with E-state index in [0.717, 1.165) is 19.3 Å². The maximum absolute atomic E-state index is 10.1. The van der Waals surface area contributed by atoms with Gasteiger partial charge in [0.2, 0.25) is 0 Å². The van der Waals surface area contributed by atoms with Gasteiger partial charge in [0.1, 0.15) is 0 Å². The van der Waals surface area contributed by atoms with Crippen molar-refractivity contribution in [1.29, 1.82) is 0 Å². The molecular weight excluding hydrogens is 184 g/mol. The second-order valence-corrected chi connectivity index (χ2v) is 5.98. The van der Waals surface area contributed by atoms with Gasteiger partial charge in [0.05, 0.1) is 6.10 Å². The van der Waals surface area contributed by atoms with Crippen LogP contribution in [0.1, 0.15) is 73.1 Å². The van der Waals surface area contributed by atoms with Crippen LogP contribution in [0.4, 0.5) is 0 Å². The van der Waals surface area contributed by atoms with Gasteiger partial charge in [-0.1, -0.05) is 53.9 Å². The average Bonchev–Trinajstić information content (AvgIpc) is 2.15. The van der Waals surface area contributed by atoms with Crippen molar-refractivity contribution >= 4 is 0 Å². The zero-order valence-electron chi connectivity index (χ0n) is 11.3. The minimum Gasteiger partial charge on any atom is -0.393 e. The van der Waals surface area contributed by atoms with Crippen LogP contribution in [-0.2, 0) is 0 Å². The van der Waals surface area contributed by atoms with Gasteiger partial charge in [-0.15, -0.1) is 0 Å². The second kappa shape index (κ2) is 7.27. The molecule has 1 N–H and O–H groups in total. The van der Waals surface area contributed by atoms with Crippen LogP contribution in [0.2, 0.25) is 0 Å². The fourth-order valence-electron chi connectivity index (χ4n) is 1.95. The summed E-state index contributed by atoms with van der Waals surface area (Å²) in [5.41, 5.74) is 0.351. The summed E-state index contributed by atoms with van der Waals surface area (Å²) in [7, 11) is 0. The van der Waals surface area contributed by atoms with E-state index in [1.54, 1.807) is 0 Å². The van der Waals surface area contributed by atoms with Crippen LogP contribution >= 0.6 is 0 Å². The molecule has 2 unspecified atom stereocenters. The summed E-state index contributed by atoms with van der Waals surface area (Å²) in [6.07, 6.45) is 6.81. The van der Waals surface area contributed by atoms with Crippen molar-refractivity contribution < 1.29 is 5.11 Å². The third-order valence-electron chi connectivity index (χ3n) is 3.19. The first-order chi connectivity index (χ1) is 6.90. The summed E-state index contributed by atoms with van der Waals surface area (Å²) in [6.45, 7) is 11.1. The molecule has 0 bridgehead atoms. The zero-order chi connectivity index (χ0) is 11.9. The summed E-state index contributed by atoms with van der Waals surface area (Å²) in [6, 6.07) is 0. The van der Waals surface area contributed by atoms with Crippen LogP contribution in [-0.4, -0.2) is 11.2 Å². The Morgan fingerprint density at radius 2 is 1.67 bits per heavy atom. The van der Waals surface area contributed by atoms with Crippen molar-refractivity contribution in [3.8, 4) is 0 Å². The van der Waals surface area contributed by atoms with Gasteiger partial charge in [-0.05, 0) is 30.6 Å². The van der Waals surface area contributed by atoms with Crippen molar-refractivity contribution in [2.45, 2.75) is 79.2 Å². The summed E-state index contributed by atoms with van der Waals surface area (Å²) in [5, 5.41) is 10.1. The molecule has 0 spiro atoms. The Morgan fingerprint density at radius 3 is 2.07 bits per heavy atom. The number of unbranched alkanes of at least 4 members (excludes halogenated alkanes) is 1. The van der Waals surface area contributed by atoms with Gasteiger partial charge in [-0.25, -0.2) is 0 Å². The van der Waals surface area contributed by atoms with E-state index in [0.29, 0.717) is 11.3 Å². The van der Waals surface area contributed by atoms with Gasteiger partial charge in [-0.3, -0.25) is 0 Å². The summed E-state index contributed by atoms with van der Waals surface area (Å²) >= 11 is 0. The molecule has 0 aliphatic carbocycles. The monoisotopic (exact) mass is 214 g/mol. The topological polar surface area (TPSA) is 20.2 Å². The van der Waals surface area contributed by atoms with Gasteiger partial charge in [0.15, 0.2) is 0 Å². The lowest BCUT2D eigenvalue weighted by Crippen LogP contribution is -2.22. The van der Waals surface area contributed by atoms with E-state index in [2.05, 4.69) is 34.6 Å². The molecule has 1 nitrogen and oxygen atoms in total. The van der Waals surface area contributed by atoms with Gasteiger partial charge in [-0.2, -0.15) is 0 Å². The Kier molecular flexibility index (Phi) is 7.25. The van der Waals surface area contributed by atoms with Crippen molar-refractivity contribution in [1.82, 2.24) is 0 Å². The van der Waals surface area contributed by atoms with Gasteiger partial charge < -0.3 is 5.11 Å². The Balaban J connectivity index is 3.87. The Hall–Kier alpha value is -0.0400. The lowest BCUT2D eigenvalue weighted by Gasteiger charge is -2.25. The first-order valence-electron chi connectivity index (χ1n) is 6.58. The quantitative estimate of drug-likeness (QED) is 0.666. The first kappa shape index (κ1) is 15.0. The minimum atomic E-state index is -0.0826. The summed E-state index contributed by atoms with van der Waals surface area (Å²) < 4.78 is 0. The van der Waals surface area contributed by atoms with E-state index in [-0.39, 0.29) is 6.10 Å². The highest BCUT2D eigenvalue weighted by atomic mass is 16.3. The van der Waals surface area contributed by atoms with E-state index in [9.17, 15) is 5.11 Å². The van der Waals surface area contributed by atoms with E-state index in [1.165, 1.54) is 19.3 Å². The maximum Gasteiger partial charge on any atom is 0.0568 e. The van der Waals surface area contributed by atoms with Gasteiger partial charge in [0, 0.05) is 0 Å².